The largest absolute Gasteiger partial charge is 0.540 e. The molecule has 0 radical (unpaired) electrons. The topological polar surface area (TPSA) is 92.1 Å². The van der Waals surface area contributed by atoms with E-state index in [0.717, 1.165) is 28.4 Å². The van der Waals surface area contributed by atoms with Crippen molar-refractivity contribution in [3.63, 3.8) is 0 Å². The number of hydrogen-bond donors (Lipinski definition) is 1. The van der Waals surface area contributed by atoms with Crippen LogP contribution in [0.25, 0.3) is 0 Å². The molecule has 2 aliphatic heterocycles. The van der Waals surface area contributed by atoms with Crippen molar-refractivity contribution in [1.29, 1.82) is 0 Å². The highest BCUT2D eigenvalue weighted by atomic mass is 31.3. The Balaban J connectivity index is 2.79. The number of hydrogen-bond acceptors (Lipinski definition) is 9. The molecular weight excluding hydrogens is 503 g/mol. The number of nitrogens with one attached hydrogen (secondary N) is 1. The molecule has 0 unspecified atom stereocenters. The Morgan fingerprint density at radius 3 is 1.33 bits per heavy atom. The van der Waals surface area contributed by atoms with Crippen LogP contribution >= 0.6 is 23.3 Å². The van der Waals surface area contributed by atoms with E-state index in [-0.39, 0.29) is 0 Å². The van der Waals surface area contributed by atoms with Gasteiger partial charge in [0.05, 0.1) is 14.2 Å². The number of rotatable bonds is 4. The fraction of sp³-hybridized carbons (Fsp3) is 1.00. The van der Waals surface area contributed by atoms with Gasteiger partial charge in [-0.2, -0.15) is 49.0 Å². The number of fused-ring (bicyclic) bond motifs is 2. The average Bonchev–Trinajstić information content (AvgIpc) is 2.70. The summed E-state index contributed by atoms with van der Waals surface area (Å²) in [6.45, 7) is -4.97. The van der Waals surface area contributed by atoms with Crippen molar-refractivity contribution in [1.82, 2.24) is 4.86 Å². The summed E-state index contributed by atoms with van der Waals surface area (Å²) >= 11 is 0. The number of halogens is 8. The molecule has 1 N–H and O–H groups in total. The zero-order valence-corrected chi connectivity index (χ0v) is 18.3. The van der Waals surface area contributed by atoms with Gasteiger partial charge in [-0.25, -0.2) is 0 Å². The molecule has 0 spiro atoms. The molecule has 0 aromatic rings. The lowest BCUT2D eigenvalue weighted by Gasteiger charge is -2.36. The minimum Gasteiger partial charge on any atom is -0.313 e. The van der Waals surface area contributed by atoms with Gasteiger partial charge in [-0.3, -0.25) is 0 Å². The fourth-order valence-electron chi connectivity index (χ4n) is 2.08. The molecule has 2 aliphatic rings. The summed E-state index contributed by atoms with van der Waals surface area (Å²) < 4.78 is 148. The van der Waals surface area contributed by atoms with Crippen molar-refractivity contribution in [2.75, 3.05) is 41.7 Å². The van der Waals surface area contributed by atoms with Crippen molar-refractivity contribution >= 4 is 23.3 Å². The lowest BCUT2D eigenvalue weighted by atomic mass is 9.99. The van der Waals surface area contributed by atoms with Crippen LogP contribution in [0, 0.1) is 0 Å². The first kappa shape index (κ1) is 26.3. The van der Waals surface area contributed by atoms with Crippen LogP contribution in [0.15, 0.2) is 9.03 Å². The third-order valence-electron chi connectivity index (χ3n) is 3.84. The predicted octanol–water partition coefficient (Wildman–Crippen LogP) is 5.33. The SMILES string of the molecule is CO[P@]12=N[P+](OC)(OC)N=[P@](OC)(N1)OCC(F)(F)C(F)(F)C(F)(F)C(F)(F)CO2. The van der Waals surface area contributed by atoms with Crippen molar-refractivity contribution in [2.45, 2.75) is 23.7 Å². The summed E-state index contributed by atoms with van der Waals surface area (Å²) in [4.78, 5) is 2.14. The Bertz CT molecular complexity index is 722. The summed E-state index contributed by atoms with van der Waals surface area (Å²) in [5.41, 5.74) is 0. The maximum Gasteiger partial charge on any atom is 0.540 e. The summed E-state index contributed by atoms with van der Waals surface area (Å²) in [6.07, 6.45) is 0. The van der Waals surface area contributed by atoms with Crippen LogP contribution in [0.5, 0.6) is 0 Å². The molecule has 2 heterocycles. The lowest BCUT2D eigenvalue weighted by Crippen LogP contribution is -2.64. The molecule has 30 heavy (non-hydrogen) atoms. The van der Waals surface area contributed by atoms with E-state index >= 15 is 0 Å². The molecule has 2 atom stereocenters. The van der Waals surface area contributed by atoms with Crippen LogP contribution in [0.2, 0.25) is 0 Å². The molecule has 20 heteroatoms. The van der Waals surface area contributed by atoms with Gasteiger partial charge in [0.1, 0.15) is 13.2 Å². The Morgan fingerprint density at radius 1 is 0.733 bits per heavy atom. The second kappa shape index (κ2) is 8.12. The molecule has 1 saturated heterocycles. The number of alkyl halides is 8. The predicted molar refractivity (Wildman–Crippen MR) is 88.5 cm³/mol. The summed E-state index contributed by atoms with van der Waals surface area (Å²) in [6, 6.07) is 0. The highest BCUT2D eigenvalue weighted by Gasteiger charge is 2.81. The monoisotopic (exact) mass is 520 g/mol. The highest BCUT2D eigenvalue weighted by Crippen LogP contribution is 2.81. The lowest BCUT2D eigenvalue weighted by molar-refractivity contribution is -0.371. The smallest absolute Gasteiger partial charge is 0.313 e. The molecule has 0 aromatic heterocycles. The normalized spacial score (nSPS) is 36.7. The van der Waals surface area contributed by atoms with Crippen LogP contribution in [0.4, 0.5) is 35.1 Å². The maximum atomic E-state index is 14.0. The Morgan fingerprint density at radius 2 is 1.07 bits per heavy atom. The maximum absolute atomic E-state index is 14.0. The van der Waals surface area contributed by atoms with Gasteiger partial charge in [-0.1, -0.05) is 0 Å². The average molecular weight is 520 g/mol. The van der Waals surface area contributed by atoms with Crippen molar-refractivity contribution in [2.24, 2.45) is 9.03 Å². The second-order valence-corrected chi connectivity index (χ2v) is 12.9. The molecule has 1 fully saturated rings. The second-order valence-electron chi connectivity index (χ2n) is 5.65. The first-order valence-corrected chi connectivity index (χ1v) is 12.2. The van der Waals surface area contributed by atoms with Gasteiger partial charge >= 0.3 is 47.0 Å². The van der Waals surface area contributed by atoms with E-state index < -0.39 is 60.2 Å². The first-order chi connectivity index (χ1) is 13.5. The van der Waals surface area contributed by atoms with Gasteiger partial charge in [0.15, 0.2) is 0 Å². The molecule has 0 aliphatic carbocycles. The van der Waals surface area contributed by atoms with Gasteiger partial charge in [0, 0.05) is 23.3 Å². The minimum absolute atomic E-state index is 0.832. The van der Waals surface area contributed by atoms with E-state index in [9.17, 15) is 35.1 Å². The molecular formula is C10H17F8N3O6P3+. The van der Waals surface area contributed by atoms with E-state index in [0.29, 0.717) is 0 Å². The first-order valence-electron chi connectivity index (χ1n) is 7.52. The third-order valence-corrected chi connectivity index (χ3v) is 12.5. The van der Waals surface area contributed by atoms with Crippen LogP contribution in [0.1, 0.15) is 0 Å². The molecule has 2 rings (SSSR count). The molecule has 178 valence electrons. The molecule has 2 bridgehead atoms. The van der Waals surface area contributed by atoms with Crippen molar-refractivity contribution < 1.29 is 62.3 Å². The van der Waals surface area contributed by atoms with Gasteiger partial charge in [0.25, 0.3) is 0 Å². The third kappa shape index (κ3) is 4.07. The van der Waals surface area contributed by atoms with Gasteiger partial charge in [0.2, 0.25) is 0 Å². The Hall–Kier alpha value is 0.0500. The highest BCUT2D eigenvalue weighted by molar-refractivity contribution is 7.83. The summed E-state index contributed by atoms with van der Waals surface area (Å²) in [5, 5.41) is 0. The Kier molecular flexibility index (Phi) is 7.12. The van der Waals surface area contributed by atoms with Crippen molar-refractivity contribution in [3.8, 4) is 0 Å². The zero-order chi connectivity index (χ0) is 23.3. The van der Waals surface area contributed by atoms with E-state index in [1.807, 2.05) is 0 Å². The standard InChI is InChI=1S/C10H17F8N3O6P3/c1-22-28(23-2)19-29(24-3)21-30(20-28,25-4)27-6-8(13,14)10(17,18)9(15,16)7(11,12)5-26-29/h21H,5-6H2,1-4H3/q+1/t29-,30+. The molecule has 0 aromatic carbocycles. The van der Waals surface area contributed by atoms with Gasteiger partial charge in [-0.05, 0) is 0 Å². The van der Waals surface area contributed by atoms with E-state index in [1.165, 1.54) is 0 Å². The van der Waals surface area contributed by atoms with Gasteiger partial charge < -0.3 is 18.1 Å². The fourth-order valence-corrected chi connectivity index (χ4v) is 11.6. The quantitative estimate of drug-likeness (QED) is 0.396. The van der Waals surface area contributed by atoms with Gasteiger partial charge in [-0.15, -0.1) is 0 Å². The van der Waals surface area contributed by atoms with Crippen LogP contribution < -0.4 is 4.86 Å². The molecule has 0 amide bonds. The zero-order valence-electron chi connectivity index (χ0n) is 15.6. The summed E-state index contributed by atoms with van der Waals surface area (Å²) in [5.74, 6) is -24.7. The molecule has 9 nitrogen and oxygen atoms in total. The van der Waals surface area contributed by atoms with Crippen LogP contribution in [0.3, 0.4) is 0 Å². The van der Waals surface area contributed by atoms with E-state index in [2.05, 4.69) is 22.9 Å². The minimum atomic E-state index is -6.55. The van der Waals surface area contributed by atoms with Crippen molar-refractivity contribution in [3.05, 3.63) is 0 Å². The Labute approximate surface area is 165 Å². The van der Waals surface area contributed by atoms with E-state index in [4.69, 9.17) is 18.1 Å². The summed E-state index contributed by atoms with van der Waals surface area (Å²) in [7, 11) is -8.97. The van der Waals surface area contributed by atoms with Crippen LogP contribution in [-0.2, 0) is 27.1 Å². The molecule has 0 saturated carbocycles. The van der Waals surface area contributed by atoms with Crippen LogP contribution in [-0.4, -0.2) is 65.3 Å². The van der Waals surface area contributed by atoms with E-state index in [1.54, 1.807) is 0 Å². The number of nitrogens with zero attached hydrogens (tertiary/aromatic N) is 2.